The fourth-order valence-electron chi connectivity index (χ4n) is 2.85. The molecule has 0 saturated heterocycles. The molecule has 2 amide bonds. The van der Waals surface area contributed by atoms with Gasteiger partial charge in [0.25, 0.3) is 0 Å². The summed E-state index contributed by atoms with van der Waals surface area (Å²) in [5.41, 5.74) is 0.0669. The van der Waals surface area contributed by atoms with Crippen LogP contribution in [0.5, 0.6) is 0 Å². The van der Waals surface area contributed by atoms with Crippen LogP contribution < -0.4 is 10.6 Å². The van der Waals surface area contributed by atoms with Crippen molar-refractivity contribution in [1.29, 1.82) is 0 Å². The Morgan fingerprint density at radius 1 is 0.909 bits per heavy atom. The van der Waals surface area contributed by atoms with Crippen LogP contribution in [-0.2, 0) is 9.59 Å². The van der Waals surface area contributed by atoms with Crippen molar-refractivity contribution in [3.8, 4) is 0 Å². The summed E-state index contributed by atoms with van der Waals surface area (Å²) in [6, 6.07) is 0.149. The molecule has 0 spiro atoms. The highest BCUT2D eigenvalue weighted by Crippen LogP contribution is 2.26. The molecule has 0 aliphatic heterocycles. The summed E-state index contributed by atoms with van der Waals surface area (Å²) in [5.74, 6) is 0.454. The number of rotatable bonds is 7. The third-order valence-corrected chi connectivity index (χ3v) is 3.22. The van der Waals surface area contributed by atoms with Crippen molar-refractivity contribution in [2.45, 2.75) is 92.7 Å². The van der Waals surface area contributed by atoms with Gasteiger partial charge in [-0.25, -0.2) is 0 Å². The number of hydrogen-bond acceptors (Lipinski definition) is 2. The molecule has 22 heavy (non-hydrogen) atoms. The normalized spacial score (nSPS) is 15.1. The summed E-state index contributed by atoms with van der Waals surface area (Å²) in [6.07, 6.45) is 2.60. The monoisotopic (exact) mass is 312 g/mol. The first kappa shape index (κ1) is 20.9. The van der Waals surface area contributed by atoms with E-state index >= 15 is 0 Å². The summed E-state index contributed by atoms with van der Waals surface area (Å²) >= 11 is 0. The highest BCUT2D eigenvalue weighted by molar-refractivity contribution is 5.84. The Morgan fingerprint density at radius 2 is 1.41 bits per heavy atom. The second kappa shape index (κ2) is 8.54. The molecule has 2 atom stereocenters. The molecule has 130 valence electrons. The molecule has 0 radical (unpaired) electrons. The standard InChI is InChI=1S/C18H36N2O2/c1-13(12-17(3,4)5)11-14(2)19-15(21)9-10-16(22)20-18(6,7)8/h13-14H,9-12H2,1-8H3,(H,19,21)(H,20,22). The van der Waals surface area contributed by atoms with E-state index in [-0.39, 0.29) is 36.2 Å². The minimum Gasteiger partial charge on any atom is -0.354 e. The Bertz CT molecular complexity index is 364. The van der Waals surface area contributed by atoms with Crippen LogP contribution in [0.3, 0.4) is 0 Å². The van der Waals surface area contributed by atoms with Gasteiger partial charge in [-0.1, -0.05) is 27.7 Å². The van der Waals surface area contributed by atoms with E-state index < -0.39 is 0 Å². The molecule has 0 rings (SSSR count). The van der Waals surface area contributed by atoms with Crippen molar-refractivity contribution in [2.75, 3.05) is 0 Å². The van der Waals surface area contributed by atoms with E-state index in [1.165, 1.54) is 0 Å². The first-order valence-electron chi connectivity index (χ1n) is 8.39. The third-order valence-electron chi connectivity index (χ3n) is 3.22. The number of amides is 2. The Labute approximate surface area is 136 Å². The van der Waals surface area contributed by atoms with Crippen molar-refractivity contribution in [1.82, 2.24) is 10.6 Å². The molecule has 2 N–H and O–H groups in total. The molecule has 0 heterocycles. The molecule has 0 aromatic carbocycles. The van der Waals surface area contributed by atoms with Gasteiger partial charge in [0.05, 0.1) is 0 Å². The Balaban J connectivity index is 4.03. The molecular weight excluding hydrogens is 276 g/mol. The van der Waals surface area contributed by atoms with Gasteiger partial charge in [0.2, 0.25) is 11.8 Å². The van der Waals surface area contributed by atoms with E-state index in [4.69, 9.17) is 0 Å². The average Bonchev–Trinajstić information content (AvgIpc) is 2.20. The van der Waals surface area contributed by atoms with Gasteiger partial charge in [0.15, 0.2) is 0 Å². The lowest BCUT2D eigenvalue weighted by atomic mass is 9.83. The molecule has 0 aromatic rings. The predicted octanol–water partition coefficient (Wildman–Crippen LogP) is 3.65. The van der Waals surface area contributed by atoms with Crippen molar-refractivity contribution >= 4 is 11.8 Å². The lowest BCUT2D eigenvalue weighted by molar-refractivity contribution is -0.127. The molecule has 0 aliphatic rings. The maximum absolute atomic E-state index is 11.9. The minimum atomic E-state index is -0.247. The number of hydrogen-bond donors (Lipinski definition) is 2. The van der Waals surface area contributed by atoms with Gasteiger partial charge < -0.3 is 10.6 Å². The summed E-state index contributed by atoms with van der Waals surface area (Å²) in [6.45, 7) is 16.8. The van der Waals surface area contributed by atoms with E-state index in [1.807, 2.05) is 27.7 Å². The van der Waals surface area contributed by atoms with Gasteiger partial charge in [-0.3, -0.25) is 9.59 Å². The lowest BCUT2D eigenvalue weighted by Gasteiger charge is -2.25. The summed E-state index contributed by atoms with van der Waals surface area (Å²) in [5, 5.41) is 5.86. The van der Waals surface area contributed by atoms with Gasteiger partial charge >= 0.3 is 0 Å². The molecule has 0 aliphatic carbocycles. The largest absolute Gasteiger partial charge is 0.354 e. The van der Waals surface area contributed by atoms with Gasteiger partial charge in [0.1, 0.15) is 0 Å². The first-order chi connectivity index (χ1) is 9.78. The fraction of sp³-hybridized carbons (Fsp3) is 0.889. The quantitative estimate of drug-likeness (QED) is 0.754. The van der Waals surface area contributed by atoms with E-state index in [2.05, 4.69) is 38.3 Å². The van der Waals surface area contributed by atoms with Gasteiger partial charge in [-0.15, -0.1) is 0 Å². The molecular formula is C18H36N2O2. The zero-order chi connectivity index (χ0) is 17.6. The maximum atomic E-state index is 11.9. The van der Waals surface area contributed by atoms with Crippen LogP contribution in [0.15, 0.2) is 0 Å². The maximum Gasteiger partial charge on any atom is 0.220 e. The van der Waals surface area contributed by atoms with Crippen LogP contribution >= 0.6 is 0 Å². The Kier molecular flexibility index (Phi) is 8.13. The van der Waals surface area contributed by atoms with Crippen LogP contribution in [0.25, 0.3) is 0 Å². The molecule has 0 aromatic heterocycles. The van der Waals surface area contributed by atoms with E-state index in [9.17, 15) is 9.59 Å². The van der Waals surface area contributed by atoms with Crippen molar-refractivity contribution < 1.29 is 9.59 Å². The van der Waals surface area contributed by atoms with E-state index in [0.717, 1.165) is 12.8 Å². The minimum absolute atomic E-state index is 0.0421. The summed E-state index contributed by atoms with van der Waals surface area (Å²) < 4.78 is 0. The van der Waals surface area contributed by atoms with Crippen molar-refractivity contribution in [3.05, 3.63) is 0 Å². The smallest absolute Gasteiger partial charge is 0.220 e. The number of nitrogens with one attached hydrogen (secondary N) is 2. The molecule has 4 heteroatoms. The van der Waals surface area contributed by atoms with Crippen LogP contribution in [0.1, 0.15) is 81.1 Å². The number of carbonyl (C=O) groups excluding carboxylic acids is 2. The highest BCUT2D eigenvalue weighted by Gasteiger charge is 2.19. The van der Waals surface area contributed by atoms with Crippen LogP contribution in [0, 0.1) is 11.3 Å². The van der Waals surface area contributed by atoms with E-state index in [0.29, 0.717) is 11.3 Å². The third kappa shape index (κ3) is 12.7. The molecule has 0 fully saturated rings. The summed E-state index contributed by atoms with van der Waals surface area (Å²) in [4.78, 5) is 23.6. The molecule has 2 unspecified atom stereocenters. The first-order valence-corrected chi connectivity index (χ1v) is 8.39. The zero-order valence-corrected chi connectivity index (χ0v) is 15.8. The van der Waals surface area contributed by atoms with Crippen molar-refractivity contribution in [2.24, 2.45) is 11.3 Å². The summed E-state index contributed by atoms with van der Waals surface area (Å²) in [7, 11) is 0. The SMILES string of the molecule is CC(CC(C)NC(=O)CCC(=O)NC(C)(C)C)CC(C)(C)C. The number of carbonyl (C=O) groups is 2. The van der Waals surface area contributed by atoms with Gasteiger partial charge in [-0.05, 0) is 51.9 Å². The average molecular weight is 312 g/mol. The molecule has 0 bridgehead atoms. The fourth-order valence-corrected chi connectivity index (χ4v) is 2.85. The topological polar surface area (TPSA) is 58.2 Å². The molecule has 4 nitrogen and oxygen atoms in total. The molecule has 0 saturated carbocycles. The van der Waals surface area contributed by atoms with Crippen LogP contribution in [0.4, 0.5) is 0 Å². The van der Waals surface area contributed by atoms with E-state index in [1.54, 1.807) is 0 Å². The van der Waals surface area contributed by atoms with Crippen molar-refractivity contribution in [3.63, 3.8) is 0 Å². The Hall–Kier alpha value is -1.06. The predicted molar refractivity (Wildman–Crippen MR) is 92.6 cm³/mol. The van der Waals surface area contributed by atoms with Crippen LogP contribution in [0.2, 0.25) is 0 Å². The van der Waals surface area contributed by atoms with Crippen LogP contribution in [-0.4, -0.2) is 23.4 Å². The Morgan fingerprint density at radius 3 is 1.86 bits per heavy atom. The lowest BCUT2D eigenvalue weighted by Crippen LogP contribution is -2.41. The highest BCUT2D eigenvalue weighted by atomic mass is 16.2. The zero-order valence-electron chi connectivity index (χ0n) is 15.8. The second-order valence-electron chi connectivity index (χ2n) is 8.87. The second-order valence-corrected chi connectivity index (χ2v) is 8.87. The van der Waals surface area contributed by atoms with Gasteiger partial charge in [-0.2, -0.15) is 0 Å². The van der Waals surface area contributed by atoms with Gasteiger partial charge in [0, 0.05) is 24.4 Å².